The summed E-state index contributed by atoms with van der Waals surface area (Å²) in [6.07, 6.45) is 5.07. The summed E-state index contributed by atoms with van der Waals surface area (Å²) >= 11 is 6.30. The Kier molecular flexibility index (Phi) is 5.95. The van der Waals surface area contributed by atoms with Crippen molar-refractivity contribution in [2.24, 2.45) is 0 Å². The molecule has 0 aliphatic rings. The molecule has 0 bridgehead atoms. The van der Waals surface area contributed by atoms with Crippen molar-refractivity contribution in [1.29, 1.82) is 0 Å². The van der Waals surface area contributed by atoms with Gasteiger partial charge in [-0.25, -0.2) is 0 Å². The van der Waals surface area contributed by atoms with Crippen LogP contribution in [0.2, 0.25) is 5.02 Å². The molecular weight excluding hydrogens is 298 g/mol. The normalized spacial score (nSPS) is 10.5. The van der Waals surface area contributed by atoms with Gasteiger partial charge in [-0.15, -0.1) is 5.10 Å². The molecule has 1 heterocycles. The lowest BCUT2D eigenvalue weighted by Gasteiger charge is -2.12. The van der Waals surface area contributed by atoms with Crippen molar-refractivity contribution in [3.63, 3.8) is 0 Å². The Labute approximate surface area is 136 Å². The fourth-order valence-corrected chi connectivity index (χ4v) is 2.58. The molecule has 1 aromatic heterocycles. The van der Waals surface area contributed by atoms with Crippen molar-refractivity contribution in [3.8, 4) is 0 Å². The number of anilines is 3. The summed E-state index contributed by atoms with van der Waals surface area (Å²) in [4.78, 5) is 4.42. The first-order valence-corrected chi connectivity index (χ1v) is 7.95. The van der Waals surface area contributed by atoms with Crippen molar-refractivity contribution in [3.05, 3.63) is 34.5 Å². The van der Waals surface area contributed by atoms with Gasteiger partial charge in [-0.3, -0.25) is 0 Å². The molecule has 0 unspecified atom stereocenters. The van der Waals surface area contributed by atoms with Gasteiger partial charge in [0, 0.05) is 6.54 Å². The molecule has 2 N–H and O–H groups in total. The zero-order valence-corrected chi connectivity index (χ0v) is 14.0. The molecule has 0 radical (unpaired) electrons. The van der Waals surface area contributed by atoms with Gasteiger partial charge < -0.3 is 10.6 Å². The molecule has 0 atom stereocenters. The summed E-state index contributed by atoms with van der Waals surface area (Å²) < 4.78 is 0. The minimum Gasteiger partial charge on any atom is -0.353 e. The average Bonchev–Trinajstić information content (AvgIpc) is 2.48. The second-order valence-electron chi connectivity index (χ2n) is 5.36. The van der Waals surface area contributed by atoms with Crippen LogP contribution in [0.5, 0.6) is 0 Å². The predicted molar refractivity (Wildman–Crippen MR) is 92.1 cm³/mol. The van der Waals surface area contributed by atoms with E-state index < -0.39 is 0 Å². The minimum absolute atomic E-state index is 0.530. The maximum absolute atomic E-state index is 6.30. The summed E-state index contributed by atoms with van der Waals surface area (Å²) in [7, 11) is 0. The fourth-order valence-electron chi connectivity index (χ4n) is 2.22. The first-order chi connectivity index (χ1) is 10.6. The molecule has 22 heavy (non-hydrogen) atoms. The molecule has 2 aromatic rings. The molecule has 0 saturated carbocycles. The molecule has 0 aliphatic carbocycles. The van der Waals surface area contributed by atoms with Crippen molar-refractivity contribution in [2.45, 2.75) is 40.0 Å². The van der Waals surface area contributed by atoms with Crippen LogP contribution in [0.4, 0.5) is 17.5 Å². The van der Waals surface area contributed by atoms with E-state index in [1.165, 1.54) is 12.8 Å². The van der Waals surface area contributed by atoms with E-state index in [2.05, 4.69) is 38.8 Å². The monoisotopic (exact) mass is 319 g/mol. The van der Waals surface area contributed by atoms with Crippen LogP contribution in [0.15, 0.2) is 18.3 Å². The highest BCUT2D eigenvalue weighted by Gasteiger charge is 2.07. The Morgan fingerprint density at radius 2 is 2.00 bits per heavy atom. The second-order valence-corrected chi connectivity index (χ2v) is 5.77. The Hall–Kier alpha value is -1.88. The zero-order valence-electron chi connectivity index (χ0n) is 13.3. The Morgan fingerprint density at radius 1 is 1.18 bits per heavy atom. The molecule has 0 aliphatic heterocycles. The summed E-state index contributed by atoms with van der Waals surface area (Å²) in [5.74, 6) is 1.16. The fraction of sp³-hybridized carbons (Fsp3) is 0.438. The summed E-state index contributed by atoms with van der Waals surface area (Å²) in [6.45, 7) is 7.06. The van der Waals surface area contributed by atoms with Crippen molar-refractivity contribution >= 4 is 29.1 Å². The van der Waals surface area contributed by atoms with Gasteiger partial charge in [0.05, 0.1) is 16.9 Å². The van der Waals surface area contributed by atoms with Gasteiger partial charge >= 0.3 is 0 Å². The number of hydrogen-bond acceptors (Lipinski definition) is 5. The van der Waals surface area contributed by atoms with E-state index in [-0.39, 0.29) is 0 Å². The first kappa shape index (κ1) is 16.5. The van der Waals surface area contributed by atoms with Crippen LogP contribution in [0, 0.1) is 13.8 Å². The van der Waals surface area contributed by atoms with Crippen LogP contribution in [0.25, 0.3) is 0 Å². The molecule has 2 rings (SSSR count). The molecule has 0 saturated heterocycles. The van der Waals surface area contributed by atoms with Gasteiger partial charge in [0.2, 0.25) is 5.95 Å². The second kappa shape index (κ2) is 7.94. The first-order valence-electron chi connectivity index (χ1n) is 7.57. The SMILES string of the molecule is CCCCCNc1nncc(Nc2c(C)cc(C)cc2Cl)n1. The van der Waals surface area contributed by atoms with E-state index in [9.17, 15) is 0 Å². The maximum atomic E-state index is 6.30. The predicted octanol–water partition coefficient (Wildman–Crippen LogP) is 4.49. The van der Waals surface area contributed by atoms with Gasteiger partial charge in [0.15, 0.2) is 5.82 Å². The summed E-state index contributed by atoms with van der Waals surface area (Å²) in [5.41, 5.74) is 3.05. The number of benzene rings is 1. The topological polar surface area (TPSA) is 62.7 Å². The largest absolute Gasteiger partial charge is 0.353 e. The van der Waals surface area contributed by atoms with Gasteiger partial charge in [-0.2, -0.15) is 10.1 Å². The molecule has 0 fully saturated rings. The van der Waals surface area contributed by atoms with Crippen molar-refractivity contribution in [2.75, 3.05) is 17.2 Å². The Balaban J connectivity index is 2.07. The van der Waals surface area contributed by atoms with Gasteiger partial charge in [-0.1, -0.05) is 37.4 Å². The third kappa shape index (κ3) is 4.56. The molecule has 6 heteroatoms. The summed E-state index contributed by atoms with van der Waals surface area (Å²) in [5, 5.41) is 15.1. The highest BCUT2D eigenvalue weighted by atomic mass is 35.5. The van der Waals surface area contributed by atoms with E-state index in [1.807, 2.05) is 19.9 Å². The number of halogens is 1. The standard InChI is InChI=1S/C16H22ClN5/c1-4-5-6-7-18-16-21-14(10-19-22-16)20-15-12(3)8-11(2)9-13(15)17/h8-10H,4-7H2,1-3H3,(H2,18,20,21,22). The number of aryl methyl sites for hydroxylation is 2. The molecule has 0 amide bonds. The quantitative estimate of drug-likeness (QED) is 0.736. The lowest BCUT2D eigenvalue weighted by Crippen LogP contribution is -2.08. The molecular formula is C16H22ClN5. The van der Waals surface area contributed by atoms with Crippen LogP contribution in [0.1, 0.15) is 37.3 Å². The van der Waals surface area contributed by atoms with E-state index >= 15 is 0 Å². The maximum Gasteiger partial charge on any atom is 0.244 e. The minimum atomic E-state index is 0.530. The number of rotatable bonds is 7. The van der Waals surface area contributed by atoms with Crippen LogP contribution < -0.4 is 10.6 Å². The number of hydrogen-bond donors (Lipinski definition) is 2. The lowest BCUT2D eigenvalue weighted by molar-refractivity contribution is 0.738. The van der Waals surface area contributed by atoms with E-state index in [4.69, 9.17) is 11.6 Å². The highest BCUT2D eigenvalue weighted by molar-refractivity contribution is 6.33. The third-order valence-electron chi connectivity index (χ3n) is 3.31. The number of unbranched alkanes of at least 4 members (excludes halogenated alkanes) is 2. The van der Waals surface area contributed by atoms with Crippen LogP contribution in [-0.2, 0) is 0 Å². The van der Waals surface area contributed by atoms with E-state index in [0.29, 0.717) is 16.8 Å². The summed E-state index contributed by atoms with van der Waals surface area (Å²) in [6, 6.07) is 4.00. The number of nitrogens with one attached hydrogen (secondary N) is 2. The van der Waals surface area contributed by atoms with E-state index in [0.717, 1.165) is 29.8 Å². The number of aromatic nitrogens is 3. The van der Waals surface area contributed by atoms with Crippen LogP contribution in [0.3, 0.4) is 0 Å². The van der Waals surface area contributed by atoms with Crippen LogP contribution >= 0.6 is 11.6 Å². The number of nitrogens with zero attached hydrogens (tertiary/aromatic N) is 3. The van der Waals surface area contributed by atoms with Crippen molar-refractivity contribution < 1.29 is 0 Å². The smallest absolute Gasteiger partial charge is 0.244 e. The molecule has 5 nitrogen and oxygen atoms in total. The molecule has 0 spiro atoms. The van der Waals surface area contributed by atoms with E-state index in [1.54, 1.807) is 6.20 Å². The van der Waals surface area contributed by atoms with Gasteiger partial charge in [0.25, 0.3) is 0 Å². The molecule has 1 aromatic carbocycles. The highest BCUT2D eigenvalue weighted by Crippen LogP contribution is 2.29. The zero-order chi connectivity index (χ0) is 15.9. The third-order valence-corrected chi connectivity index (χ3v) is 3.61. The Bertz CT molecular complexity index is 607. The van der Waals surface area contributed by atoms with Gasteiger partial charge in [0.1, 0.15) is 0 Å². The van der Waals surface area contributed by atoms with Crippen LogP contribution in [-0.4, -0.2) is 21.7 Å². The van der Waals surface area contributed by atoms with Crippen molar-refractivity contribution in [1.82, 2.24) is 15.2 Å². The molecule has 118 valence electrons. The average molecular weight is 320 g/mol. The Morgan fingerprint density at radius 3 is 2.73 bits per heavy atom. The van der Waals surface area contributed by atoms with Gasteiger partial charge in [-0.05, 0) is 37.5 Å². The lowest BCUT2D eigenvalue weighted by atomic mass is 10.1.